The molecule has 0 saturated heterocycles. The van der Waals surface area contributed by atoms with Gasteiger partial charge in [-0.05, 0) is 24.6 Å². The predicted octanol–water partition coefficient (Wildman–Crippen LogP) is 2.79. The highest BCUT2D eigenvalue weighted by Gasteiger charge is 2.02. The van der Waals surface area contributed by atoms with E-state index in [0.717, 1.165) is 31.0 Å². The van der Waals surface area contributed by atoms with E-state index in [1.54, 1.807) is 6.20 Å². The number of rotatable bonds is 9. The Bertz CT molecular complexity index is 517. The number of nitrogens with zero attached hydrogens (tertiary/aromatic N) is 1. The van der Waals surface area contributed by atoms with Gasteiger partial charge in [-0.2, -0.15) is 0 Å². The summed E-state index contributed by atoms with van der Waals surface area (Å²) in [5.74, 6) is 0.913. The predicted molar refractivity (Wildman–Crippen MR) is 83.2 cm³/mol. The molecule has 0 aliphatic rings. The summed E-state index contributed by atoms with van der Waals surface area (Å²) in [4.78, 5) is 4.11. The van der Waals surface area contributed by atoms with E-state index < -0.39 is 0 Å². The molecule has 0 aliphatic heterocycles. The summed E-state index contributed by atoms with van der Waals surface area (Å²) in [7, 11) is 0. The van der Waals surface area contributed by atoms with Crippen LogP contribution in [0.25, 0.3) is 0 Å². The average molecular weight is 286 g/mol. The van der Waals surface area contributed by atoms with Crippen molar-refractivity contribution >= 4 is 0 Å². The largest absolute Gasteiger partial charge is 0.491 e. The summed E-state index contributed by atoms with van der Waals surface area (Å²) < 4.78 is 11.1. The van der Waals surface area contributed by atoms with Crippen molar-refractivity contribution in [1.82, 2.24) is 10.3 Å². The minimum atomic E-state index is 0.577. The Morgan fingerprint density at radius 1 is 1.05 bits per heavy atom. The van der Waals surface area contributed by atoms with E-state index in [-0.39, 0.29) is 0 Å². The maximum Gasteiger partial charge on any atom is 0.123 e. The Labute approximate surface area is 126 Å². The summed E-state index contributed by atoms with van der Waals surface area (Å²) >= 11 is 0. The molecule has 1 heterocycles. The fourth-order valence-corrected chi connectivity index (χ4v) is 1.99. The van der Waals surface area contributed by atoms with Crippen LogP contribution in [0.3, 0.4) is 0 Å². The molecule has 0 atom stereocenters. The molecule has 0 unspecified atom stereocenters. The summed E-state index contributed by atoms with van der Waals surface area (Å²) in [5, 5.41) is 3.41. The SMILES string of the molecule is CCOCCOc1ccccc1CNCc1cccnc1. The zero-order valence-corrected chi connectivity index (χ0v) is 12.4. The first-order valence-corrected chi connectivity index (χ1v) is 7.28. The number of benzene rings is 1. The van der Waals surface area contributed by atoms with E-state index in [4.69, 9.17) is 9.47 Å². The van der Waals surface area contributed by atoms with Crippen LogP contribution in [-0.2, 0) is 17.8 Å². The molecule has 0 aliphatic carbocycles. The smallest absolute Gasteiger partial charge is 0.123 e. The fraction of sp³-hybridized carbons (Fsp3) is 0.353. The summed E-state index contributed by atoms with van der Waals surface area (Å²) in [6.07, 6.45) is 3.66. The standard InChI is InChI=1S/C17H22N2O2/c1-2-20-10-11-21-17-8-4-3-7-16(17)14-19-13-15-6-5-9-18-12-15/h3-9,12,19H,2,10-11,13-14H2,1H3. The molecule has 0 amide bonds. The summed E-state index contributed by atoms with van der Waals surface area (Å²) in [6, 6.07) is 12.1. The van der Waals surface area contributed by atoms with Crippen LogP contribution in [0.2, 0.25) is 0 Å². The zero-order chi connectivity index (χ0) is 14.8. The molecule has 0 radical (unpaired) electrons. The maximum atomic E-state index is 5.76. The molecule has 0 fully saturated rings. The lowest BCUT2D eigenvalue weighted by Crippen LogP contribution is -2.14. The van der Waals surface area contributed by atoms with Gasteiger partial charge in [-0.3, -0.25) is 4.98 Å². The van der Waals surface area contributed by atoms with Crippen LogP contribution >= 0.6 is 0 Å². The van der Waals surface area contributed by atoms with Gasteiger partial charge in [0.05, 0.1) is 6.61 Å². The van der Waals surface area contributed by atoms with Crippen LogP contribution in [0.5, 0.6) is 5.75 Å². The number of aromatic nitrogens is 1. The van der Waals surface area contributed by atoms with Crippen molar-refractivity contribution in [2.45, 2.75) is 20.0 Å². The molecule has 4 heteroatoms. The number of nitrogens with one attached hydrogen (secondary N) is 1. The molecule has 112 valence electrons. The highest BCUT2D eigenvalue weighted by molar-refractivity contribution is 5.33. The van der Waals surface area contributed by atoms with E-state index >= 15 is 0 Å². The fourth-order valence-electron chi connectivity index (χ4n) is 1.99. The van der Waals surface area contributed by atoms with Gasteiger partial charge in [-0.1, -0.05) is 24.3 Å². The lowest BCUT2D eigenvalue weighted by atomic mass is 10.2. The Morgan fingerprint density at radius 2 is 1.95 bits per heavy atom. The summed E-state index contributed by atoms with van der Waals surface area (Å²) in [6.45, 7) is 5.45. The van der Waals surface area contributed by atoms with Crippen LogP contribution in [0, 0.1) is 0 Å². The second-order valence-electron chi connectivity index (χ2n) is 4.62. The van der Waals surface area contributed by atoms with E-state index in [1.807, 2.05) is 37.4 Å². The van der Waals surface area contributed by atoms with E-state index in [1.165, 1.54) is 5.56 Å². The first-order valence-electron chi connectivity index (χ1n) is 7.28. The van der Waals surface area contributed by atoms with Crippen LogP contribution in [0.1, 0.15) is 18.1 Å². The van der Waals surface area contributed by atoms with Gasteiger partial charge in [0.25, 0.3) is 0 Å². The highest BCUT2D eigenvalue weighted by atomic mass is 16.5. The molecular weight excluding hydrogens is 264 g/mol. The minimum Gasteiger partial charge on any atom is -0.491 e. The molecule has 21 heavy (non-hydrogen) atoms. The molecule has 0 spiro atoms. The van der Waals surface area contributed by atoms with Crippen LogP contribution < -0.4 is 10.1 Å². The van der Waals surface area contributed by atoms with Crippen molar-refractivity contribution in [3.05, 3.63) is 59.9 Å². The molecular formula is C17H22N2O2. The van der Waals surface area contributed by atoms with Gasteiger partial charge in [0.1, 0.15) is 12.4 Å². The molecule has 1 aromatic carbocycles. The topological polar surface area (TPSA) is 43.4 Å². The summed E-state index contributed by atoms with van der Waals surface area (Å²) in [5.41, 5.74) is 2.32. The normalized spacial score (nSPS) is 10.5. The number of hydrogen-bond donors (Lipinski definition) is 1. The van der Waals surface area contributed by atoms with Crippen molar-refractivity contribution in [2.75, 3.05) is 19.8 Å². The maximum absolute atomic E-state index is 5.76. The zero-order valence-electron chi connectivity index (χ0n) is 12.4. The molecule has 4 nitrogen and oxygen atoms in total. The van der Waals surface area contributed by atoms with Gasteiger partial charge in [0, 0.05) is 37.7 Å². The molecule has 2 rings (SSSR count). The molecule has 1 aromatic heterocycles. The van der Waals surface area contributed by atoms with Crippen LogP contribution in [0.4, 0.5) is 0 Å². The molecule has 2 aromatic rings. The second kappa shape index (κ2) is 9.10. The van der Waals surface area contributed by atoms with Gasteiger partial charge >= 0.3 is 0 Å². The number of para-hydroxylation sites is 1. The quantitative estimate of drug-likeness (QED) is 0.720. The van der Waals surface area contributed by atoms with Crippen molar-refractivity contribution in [2.24, 2.45) is 0 Å². The Balaban J connectivity index is 1.82. The minimum absolute atomic E-state index is 0.577. The second-order valence-corrected chi connectivity index (χ2v) is 4.62. The molecule has 0 bridgehead atoms. The van der Waals surface area contributed by atoms with Crippen molar-refractivity contribution in [3.63, 3.8) is 0 Å². The number of ether oxygens (including phenoxy) is 2. The number of pyridine rings is 1. The monoisotopic (exact) mass is 286 g/mol. The third-order valence-corrected chi connectivity index (χ3v) is 3.03. The van der Waals surface area contributed by atoms with Gasteiger partial charge in [-0.25, -0.2) is 0 Å². The first-order chi connectivity index (χ1) is 10.4. The van der Waals surface area contributed by atoms with E-state index in [9.17, 15) is 0 Å². The van der Waals surface area contributed by atoms with Gasteiger partial charge < -0.3 is 14.8 Å². The van der Waals surface area contributed by atoms with Crippen molar-refractivity contribution in [3.8, 4) is 5.75 Å². The lowest BCUT2D eigenvalue weighted by Gasteiger charge is -2.12. The average Bonchev–Trinajstić information content (AvgIpc) is 2.54. The van der Waals surface area contributed by atoms with E-state index in [0.29, 0.717) is 13.2 Å². The Morgan fingerprint density at radius 3 is 2.76 bits per heavy atom. The van der Waals surface area contributed by atoms with Crippen molar-refractivity contribution < 1.29 is 9.47 Å². The van der Waals surface area contributed by atoms with Crippen LogP contribution in [-0.4, -0.2) is 24.8 Å². The van der Waals surface area contributed by atoms with Gasteiger partial charge in [-0.15, -0.1) is 0 Å². The Hall–Kier alpha value is -1.91. The lowest BCUT2D eigenvalue weighted by molar-refractivity contribution is 0.110. The van der Waals surface area contributed by atoms with Crippen molar-refractivity contribution in [1.29, 1.82) is 0 Å². The third-order valence-electron chi connectivity index (χ3n) is 3.03. The van der Waals surface area contributed by atoms with Crippen LogP contribution in [0.15, 0.2) is 48.8 Å². The van der Waals surface area contributed by atoms with E-state index in [2.05, 4.69) is 22.4 Å². The molecule has 1 N–H and O–H groups in total. The van der Waals surface area contributed by atoms with Gasteiger partial charge in [0.2, 0.25) is 0 Å². The highest BCUT2D eigenvalue weighted by Crippen LogP contribution is 2.17. The first kappa shape index (κ1) is 15.5. The number of hydrogen-bond acceptors (Lipinski definition) is 4. The van der Waals surface area contributed by atoms with Gasteiger partial charge in [0.15, 0.2) is 0 Å². The molecule has 0 saturated carbocycles. The Kier molecular flexibility index (Phi) is 6.71. The third kappa shape index (κ3) is 5.53.